The number of rotatable bonds is 3. The van der Waals surface area contributed by atoms with E-state index in [4.69, 9.17) is 9.94 Å². The number of oxime groups is 1. The Bertz CT molecular complexity index is 282. The van der Waals surface area contributed by atoms with E-state index in [0.717, 1.165) is 0 Å². The van der Waals surface area contributed by atoms with E-state index < -0.39 is 5.97 Å². The molecule has 0 atom stereocenters. The molecule has 4 heteroatoms. The SMILES string of the molecule is O=C(O)/C=N/Oc1ccccc1. The molecule has 1 rings (SSSR count). The Morgan fingerprint density at radius 2 is 2.08 bits per heavy atom. The van der Waals surface area contributed by atoms with Crippen LogP contribution in [0.3, 0.4) is 0 Å². The summed E-state index contributed by atoms with van der Waals surface area (Å²) in [6.45, 7) is 0. The zero-order chi connectivity index (χ0) is 8.81. The minimum Gasteiger partial charge on any atom is -0.477 e. The van der Waals surface area contributed by atoms with Crippen LogP contribution in [0.15, 0.2) is 35.5 Å². The highest BCUT2D eigenvalue weighted by Gasteiger charge is 1.89. The molecule has 1 aromatic carbocycles. The summed E-state index contributed by atoms with van der Waals surface area (Å²) in [5.74, 6) is -0.624. The maximum atomic E-state index is 9.96. The van der Waals surface area contributed by atoms with Gasteiger partial charge in [-0.05, 0) is 12.1 Å². The van der Waals surface area contributed by atoms with Gasteiger partial charge < -0.3 is 9.94 Å². The Morgan fingerprint density at radius 3 is 2.67 bits per heavy atom. The molecule has 0 radical (unpaired) electrons. The van der Waals surface area contributed by atoms with Gasteiger partial charge in [-0.2, -0.15) is 0 Å². The summed E-state index contributed by atoms with van der Waals surface area (Å²) in [5, 5.41) is 11.4. The number of aliphatic carboxylic acids is 1. The molecule has 0 heterocycles. The van der Waals surface area contributed by atoms with Gasteiger partial charge in [0.2, 0.25) is 0 Å². The lowest BCUT2D eigenvalue weighted by Gasteiger charge is -1.94. The van der Waals surface area contributed by atoms with Crippen molar-refractivity contribution in [2.75, 3.05) is 0 Å². The van der Waals surface area contributed by atoms with Crippen molar-refractivity contribution in [3.8, 4) is 5.75 Å². The van der Waals surface area contributed by atoms with Gasteiger partial charge in [0.25, 0.3) is 0 Å². The minimum absolute atomic E-state index is 0.509. The van der Waals surface area contributed by atoms with Crippen molar-refractivity contribution < 1.29 is 14.7 Å². The third-order valence-corrected chi connectivity index (χ3v) is 1.06. The number of carbonyl (C=O) groups is 1. The van der Waals surface area contributed by atoms with Gasteiger partial charge in [-0.25, -0.2) is 4.79 Å². The van der Waals surface area contributed by atoms with Crippen molar-refractivity contribution in [2.24, 2.45) is 5.16 Å². The summed E-state index contributed by atoms with van der Waals surface area (Å²) in [6.07, 6.45) is 0.687. The topological polar surface area (TPSA) is 58.9 Å². The molecule has 62 valence electrons. The van der Waals surface area contributed by atoms with Gasteiger partial charge in [0, 0.05) is 0 Å². The van der Waals surface area contributed by atoms with Crippen LogP contribution in [0.25, 0.3) is 0 Å². The predicted molar refractivity (Wildman–Crippen MR) is 43.2 cm³/mol. The van der Waals surface area contributed by atoms with Gasteiger partial charge >= 0.3 is 5.97 Å². The molecule has 0 aromatic heterocycles. The lowest BCUT2D eigenvalue weighted by atomic mass is 10.3. The predicted octanol–water partition coefficient (Wildman–Crippen LogP) is 1.14. The number of para-hydroxylation sites is 1. The van der Waals surface area contributed by atoms with Crippen LogP contribution < -0.4 is 4.84 Å². The lowest BCUT2D eigenvalue weighted by Crippen LogP contribution is -1.96. The van der Waals surface area contributed by atoms with Crippen LogP contribution in [-0.2, 0) is 4.79 Å². The molecular weight excluding hydrogens is 158 g/mol. The molecule has 0 aliphatic rings. The van der Waals surface area contributed by atoms with Gasteiger partial charge in [-0.15, -0.1) is 0 Å². The maximum Gasteiger partial charge on any atom is 0.350 e. The Kier molecular flexibility index (Phi) is 2.84. The number of nitrogens with zero attached hydrogens (tertiary/aromatic N) is 1. The smallest absolute Gasteiger partial charge is 0.350 e. The molecule has 0 fully saturated rings. The Balaban J connectivity index is 2.49. The Hall–Kier alpha value is -1.84. The molecule has 0 spiro atoms. The van der Waals surface area contributed by atoms with Gasteiger partial charge in [0.15, 0.2) is 12.0 Å². The van der Waals surface area contributed by atoms with Crippen LogP contribution >= 0.6 is 0 Å². The summed E-state index contributed by atoms with van der Waals surface area (Å²) in [4.78, 5) is 14.7. The number of carboxylic acids is 1. The fourth-order valence-corrected chi connectivity index (χ4v) is 0.614. The highest BCUT2D eigenvalue weighted by molar-refractivity contribution is 6.21. The second-order valence-corrected chi connectivity index (χ2v) is 1.98. The average Bonchev–Trinajstić information content (AvgIpc) is 2.05. The summed E-state index contributed by atoms with van der Waals surface area (Å²) < 4.78 is 0. The molecule has 1 aromatic rings. The Morgan fingerprint density at radius 1 is 1.42 bits per heavy atom. The highest BCUT2D eigenvalue weighted by atomic mass is 16.6. The molecule has 0 aliphatic heterocycles. The zero-order valence-corrected chi connectivity index (χ0v) is 6.18. The van der Waals surface area contributed by atoms with E-state index in [9.17, 15) is 4.79 Å². The third kappa shape index (κ3) is 2.83. The van der Waals surface area contributed by atoms with Crippen molar-refractivity contribution >= 4 is 12.2 Å². The Labute approximate surface area is 69.1 Å². The highest BCUT2D eigenvalue weighted by Crippen LogP contribution is 2.07. The van der Waals surface area contributed by atoms with Gasteiger partial charge in [0.1, 0.15) is 0 Å². The van der Waals surface area contributed by atoms with Gasteiger partial charge in [-0.1, -0.05) is 23.4 Å². The van der Waals surface area contributed by atoms with Crippen LogP contribution in [0.4, 0.5) is 0 Å². The summed E-state index contributed by atoms with van der Waals surface area (Å²) in [5.41, 5.74) is 0. The van der Waals surface area contributed by atoms with Crippen molar-refractivity contribution in [2.45, 2.75) is 0 Å². The first-order chi connectivity index (χ1) is 5.79. The second-order valence-electron chi connectivity index (χ2n) is 1.98. The number of benzene rings is 1. The first-order valence-electron chi connectivity index (χ1n) is 3.27. The van der Waals surface area contributed by atoms with E-state index in [1.165, 1.54) is 0 Å². The number of carboxylic acid groups (broad SMARTS) is 1. The quantitative estimate of drug-likeness (QED) is 0.539. The molecule has 0 amide bonds. The first kappa shape index (κ1) is 8.26. The summed E-state index contributed by atoms with van der Waals surface area (Å²) in [6, 6.07) is 8.73. The van der Waals surface area contributed by atoms with Crippen molar-refractivity contribution in [3.63, 3.8) is 0 Å². The molecule has 0 unspecified atom stereocenters. The summed E-state index contributed by atoms with van der Waals surface area (Å²) >= 11 is 0. The zero-order valence-electron chi connectivity index (χ0n) is 6.18. The molecule has 0 aliphatic carbocycles. The van der Waals surface area contributed by atoms with Crippen molar-refractivity contribution in [1.82, 2.24) is 0 Å². The van der Waals surface area contributed by atoms with Gasteiger partial charge in [0.05, 0.1) is 0 Å². The standard InChI is InChI=1S/C8H7NO3/c10-8(11)6-9-12-7-4-2-1-3-5-7/h1-6H,(H,10,11)/b9-6+. The normalized spacial score (nSPS) is 10.0. The van der Waals surface area contributed by atoms with E-state index >= 15 is 0 Å². The van der Waals surface area contributed by atoms with Crippen LogP contribution in [0.5, 0.6) is 5.75 Å². The summed E-state index contributed by atoms with van der Waals surface area (Å²) in [7, 11) is 0. The lowest BCUT2D eigenvalue weighted by molar-refractivity contribution is -0.128. The number of hydrogen-bond acceptors (Lipinski definition) is 3. The van der Waals surface area contributed by atoms with Crippen molar-refractivity contribution in [1.29, 1.82) is 0 Å². The van der Waals surface area contributed by atoms with E-state index in [1.807, 2.05) is 6.07 Å². The van der Waals surface area contributed by atoms with E-state index in [0.29, 0.717) is 12.0 Å². The maximum absolute atomic E-state index is 9.96. The van der Waals surface area contributed by atoms with Crippen LogP contribution in [0.1, 0.15) is 0 Å². The monoisotopic (exact) mass is 165 g/mol. The second kappa shape index (κ2) is 4.12. The largest absolute Gasteiger partial charge is 0.477 e. The molecular formula is C8H7NO3. The third-order valence-electron chi connectivity index (χ3n) is 1.06. The van der Waals surface area contributed by atoms with E-state index in [1.54, 1.807) is 24.3 Å². The van der Waals surface area contributed by atoms with Gasteiger partial charge in [-0.3, -0.25) is 0 Å². The molecule has 0 saturated carbocycles. The van der Waals surface area contributed by atoms with E-state index in [-0.39, 0.29) is 0 Å². The molecule has 0 bridgehead atoms. The number of hydrogen-bond donors (Lipinski definition) is 1. The van der Waals surface area contributed by atoms with E-state index in [2.05, 4.69) is 5.16 Å². The fraction of sp³-hybridized carbons (Fsp3) is 0. The average molecular weight is 165 g/mol. The molecule has 12 heavy (non-hydrogen) atoms. The molecule has 0 saturated heterocycles. The first-order valence-corrected chi connectivity index (χ1v) is 3.27. The molecule has 1 N–H and O–H groups in total. The van der Waals surface area contributed by atoms with Crippen LogP contribution in [0, 0.1) is 0 Å². The fourth-order valence-electron chi connectivity index (χ4n) is 0.614. The minimum atomic E-state index is -1.13. The van der Waals surface area contributed by atoms with Crippen molar-refractivity contribution in [3.05, 3.63) is 30.3 Å². The van der Waals surface area contributed by atoms with Crippen LogP contribution in [0.2, 0.25) is 0 Å². The molecule has 4 nitrogen and oxygen atoms in total. The van der Waals surface area contributed by atoms with Crippen LogP contribution in [-0.4, -0.2) is 17.3 Å².